The molecular weight excluding hydrogens is 340 g/mol. The maximum atomic E-state index is 12.7. The Morgan fingerprint density at radius 1 is 1.38 bits per heavy atom. The average molecular weight is 358 g/mol. The molecule has 2 heterocycles. The van der Waals surface area contributed by atoms with Crippen LogP contribution in [0.15, 0.2) is 35.5 Å². The summed E-state index contributed by atoms with van der Waals surface area (Å²) < 4.78 is 6.83. The molecule has 0 radical (unpaired) electrons. The summed E-state index contributed by atoms with van der Waals surface area (Å²) in [5.41, 5.74) is 1.56. The zero-order chi connectivity index (χ0) is 18.7. The summed E-state index contributed by atoms with van der Waals surface area (Å²) in [4.78, 5) is 23.1. The van der Waals surface area contributed by atoms with Crippen molar-refractivity contribution in [1.82, 2.24) is 20.2 Å². The van der Waals surface area contributed by atoms with Gasteiger partial charge in [-0.25, -0.2) is 4.79 Å². The van der Waals surface area contributed by atoms with E-state index in [0.717, 1.165) is 12.8 Å². The average Bonchev–Trinajstić information content (AvgIpc) is 3.08. The number of non-ortho nitro benzene ring substituents is 1. The van der Waals surface area contributed by atoms with Gasteiger partial charge < -0.3 is 10.1 Å². The summed E-state index contributed by atoms with van der Waals surface area (Å²) in [7, 11) is 0. The Kier molecular flexibility index (Phi) is 4.92. The van der Waals surface area contributed by atoms with Crippen molar-refractivity contribution in [2.75, 3.05) is 11.9 Å². The Hall–Kier alpha value is -3.30. The number of esters is 1. The van der Waals surface area contributed by atoms with Crippen molar-refractivity contribution in [2.24, 2.45) is 0 Å². The summed E-state index contributed by atoms with van der Waals surface area (Å²) in [6, 6.07) is 5.32. The standard InChI is InChI=1S/C16H18N6O4/c1-3-4-9-26-15(23)13-10(2)17-16-18-19-20-21(16)14(13)11-5-7-12(8-6-11)22(24)25/h5-8,14H,3-4,9H2,1-2H3,(H,17,18,20)/t14-/m1/s1. The number of carbonyl (C=O) groups excluding carboxylic acids is 1. The summed E-state index contributed by atoms with van der Waals surface area (Å²) >= 11 is 0. The van der Waals surface area contributed by atoms with Crippen molar-refractivity contribution in [2.45, 2.75) is 32.7 Å². The number of hydrogen-bond acceptors (Lipinski definition) is 8. The third-order valence-electron chi connectivity index (χ3n) is 4.08. The van der Waals surface area contributed by atoms with E-state index in [1.807, 2.05) is 6.92 Å². The molecule has 1 N–H and O–H groups in total. The van der Waals surface area contributed by atoms with Crippen LogP contribution < -0.4 is 5.32 Å². The van der Waals surface area contributed by atoms with E-state index in [2.05, 4.69) is 20.8 Å². The fourth-order valence-electron chi connectivity index (χ4n) is 2.75. The van der Waals surface area contributed by atoms with Crippen LogP contribution in [-0.2, 0) is 9.53 Å². The van der Waals surface area contributed by atoms with Crippen LogP contribution in [0.4, 0.5) is 11.6 Å². The summed E-state index contributed by atoms with van der Waals surface area (Å²) in [6.07, 6.45) is 1.68. The number of carbonyl (C=O) groups is 1. The molecule has 1 aromatic heterocycles. The molecule has 3 rings (SSSR count). The highest BCUT2D eigenvalue weighted by molar-refractivity contribution is 5.92. The normalized spacial score (nSPS) is 16.0. The number of ether oxygens (including phenoxy) is 1. The Balaban J connectivity index is 2.00. The molecule has 0 aliphatic carbocycles. The third-order valence-corrected chi connectivity index (χ3v) is 4.08. The molecule has 0 bridgehead atoms. The monoisotopic (exact) mass is 358 g/mol. The maximum Gasteiger partial charge on any atom is 0.338 e. The molecule has 10 heteroatoms. The van der Waals surface area contributed by atoms with Crippen LogP contribution in [0.5, 0.6) is 0 Å². The highest BCUT2D eigenvalue weighted by Crippen LogP contribution is 2.35. The van der Waals surface area contributed by atoms with E-state index in [0.29, 0.717) is 29.4 Å². The van der Waals surface area contributed by atoms with Gasteiger partial charge in [-0.1, -0.05) is 18.4 Å². The van der Waals surface area contributed by atoms with Gasteiger partial charge in [-0.2, -0.15) is 4.68 Å². The van der Waals surface area contributed by atoms with Gasteiger partial charge >= 0.3 is 5.97 Å². The number of allylic oxidation sites excluding steroid dienone is 1. The van der Waals surface area contributed by atoms with Gasteiger partial charge in [-0.05, 0) is 41.5 Å². The molecule has 10 nitrogen and oxygen atoms in total. The number of anilines is 1. The first kappa shape index (κ1) is 17.5. The molecule has 0 saturated carbocycles. The van der Waals surface area contributed by atoms with E-state index in [1.54, 1.807) is 19.1 Å². The predicted octanol–water partition coefficient (Wildman–Crippen LogP) is 2.21. The Morgan fingerprint density at radius 3 is 2.77 bits per heavy atom. The lowest BCUT2D eigenvalue weighted by atomic mass is 9.95. The molecule has 2 aromatic rings. The number of rotatable bonds is 6. The maximum absolute atomic E-state index is 12.7. The predicted molar refractivity (Wildman–Crippen MR) is 91.2 cm³/mol. The largest absolute Gasteiger partial charge is 0.462 e. The molecule has 26 heavy (non-hydrogen) atoms. The van der Waals surface area contributed by atoms with Crippen molar-refractivity contribution >= 4 is 17.6 Å². The summed E-state index contributed by atoms with van der Waals surface area (Å²) in [5.74, 6) is -0.0797. The van der Waals surface area contributed by atoms with Gasteiger partial charge in [-0.3, -0.25) is 10.1 Å². The smallest absolute Gasteiger partial charge is 0.338 e. The van der Waals surface area contributed by atoms with E-state index >= 15 is 0 Å². The van der Waals surface area contributed by atoms with Crippen molar-refractivity contribution in [1.29, 1.82) is 0 Å². The number of tetrazole rings is 1. The van der Waals surface area contributed by atoms with Crippen LogP contribution >= 0.6 is 0 Å². The number of unbranched alkanes of at least 4 members (excludes halogenated alkanes) is 1. The van der Waals surface area contributed by atoms with Crippen LogP contribution in [0.25, 0.3) is 0 Å². The molecule has 0 amide bonds. The second-order valence-electron chi connectivity index (χ2n) is 5.85. The molecule has 1 aliphatic rings. The fraction of sp³-hybridized carbons (Fsp3) is 0.375. The molecule has 0 saturated heterocycles. The van der Waals surface area contributed by atoms with E-state index in [4.69, 9.17) is 4.74 Å². The summed E-state index contributed by atoms with van der Waals surface area (Å²) in [6.45, 7) is 4.07. The lowest BCUT2D eigenvalue weighted by Gasteiger charge is -2.27. The molecule has 0 spiro atoms. The van der Waals surface area contributed by atoms with Gasteiger partial charge in [0.15, 0.2) is 0 Å². The number of benzene rings is 1. The number of nitro groups is 1. The van der Waals surface area contributed by atoms with Gasteiger partial charge in [-0.15, -0.1) is 0 Å². The lowest BCUT2D eigenvalue weighted by molar-refractivity contribution is -0.384. The van der Waals surface area contributed by atoms with E-state index < -0.39 is 16.9 Å². The highest BCUT2D eigenvalue weighted by atomic mass is 16.6. The molecule has 0 fully saturated rings. The van der Waals surface area contributed by atoms with Gasteiger partial charge in [0.25, 0.3) is 5.69 Å². The highest BCUT2D eigenvalue weighted by Gasteiger charge is 2.35. The molecule has 1 aliphatic heterocycles. The van der Waals surface area contributed by atoms with E-state index in [9.17, 15) is 14.9 Å². The first-order valence-corrected chi connectivity index (χ1v) is 8.20. The van der Waals surface area contributed by atoms with Gasteiger partial charge in [0.05, 0.1) is 17.1 Å². The van der Waals surface area contributed by atoms with Crippen molar-refractivity contribution in [3.63, 3.8) is 0 Å². The summed E-state index contributed by atoms with van der Waals surface area (Å²) in [5, 5.41) is 25.4. The number of aromatic nitrogens is 4. The first-order chi connectivity index (χ1) is 12.5. The zero-order valence-corrected chi connectivity index (χ0v) is 14.4. The number of nitrogens with one attached hydrogen (secondary N) is 1. The Bertz CT molecular complexity index is 858. The first-order valence-electron chi connectivity index (χ1n) is 8.20. The Labute approximate surface area is 149 Å². The van der Waals surface area contributed by atoms with Crippen LogP contribution in [0.1, 0.15) is 38.3 Å². The minimum absolute atomic E-state index is 0.0348. The van der Waals surface area contributed by atoms with Crippen molar-refractivity contribution in [3.05, 3.63) is 51.2 Å². The number of nitrogens with zero attached hydrogens (tertiary/aromatic N) is 5. The van der Waals surface area contributed by atoms with Gasteiger partial charge in [0.2, 0.25) is 5.95 Å². The number of hydrogen-bond donors (Lipinski definition) is 1. The van der Waals surface area contributed by atoms with Crippen LogP contribution in [0.3, 0.4) is 0 Å². The topological polar surface area (TPSA) is 125 Å². The van der Waals surface area contributed by atoms with Crippen LogP contribution in [-0.4, -0.2) is 37.7 Å². The number of nitro benzene ring substituents is 1. The molecule has 1 aromatic carbocycles. The minimum Gasteiger partial charge on any atom is -0.462 e. The SMILES string of the molecule is CCCCOC(=O)C1=C(C)Nc2nnnn2[C@@H]1c1ccc([N+](=O)[O-])cc1. The number of fused-ring (bicyclic) bond motifs is 1. The van der Waals surface area contributed by atoms with Crippen molar-refractivity contribution in [3.8, 4) is 0 Å². The minimum atomic E-state index is -0.629. The van der Waals surface area contributed by atoms with E-state index in [1.165, 1.54) is 16.8 Å². The Morgan fingerprint density at radius 2 is 2.12 bits per heavy atom. The van der Waals surface area contributed by atoms with Crippen LogP contribution in [0, 0.1) is 10.1 Å². The zero-order valence-electron chi connectivity index (χ0n) is 14.4. The molecule has 136 valence electrons. The van der Waals surface area contributed by atoms with Crippen molar-refractivity contribution < 1.29 is 14.5 Å². The molecule has 1 atom stereocenters. The second kappa shape index (κ2) is 7.30. The fourth-order valence-corrected chi connectivity index (χ4v) is 2.75. The van der Waals surface area contributed by atoms with Gasteiger partial charge in [0, 0.05) is 17.8 Å². The third kappa shape index (κ3) is 3.25. The van der Waals surface area contributed by atoms with Crippen LogP contribution in [0.2, 0.25) is 0 Å². The van der Waals surface area contributed by atoms with E-state index in [-0.39, 0.29) is 5.69 Å². The lowest BCUT2D eigenvalue weighted by Crippen LogP contribution is -2.29. The molecular formula is C16H18N6O4. The molecule has 0 unspecified atom stereocenters. The second-order valence-corrected chi connectivity index (χ2v) is 5.85. The quantitative estimate of drug-likeness (QED) is 0.360. The van der Waals surface area contributed by atoms with Gasteiger partial charge in [0.1, 0.15) is 6.04 Å².